The van der Waals surface area contributed by atoms with E-state index in [0.29, 0.717) is 12.4 Å². The minimum Gasteiger partial charge on any atom is -0.298 e. The number of hydrogen-bond donors (Lipinski definition) is 0. The summed E-state index contributed by atoms with van der Waals surface area (Å²) in [6.07, 6.45) is -1.69. The molecule has 0 unspecified atom stereocenters. The van der Waals surface area contributed by atoms with Crippen LogP contribution in [0.2, 0.25) is 0 Å². The lowest BCUT2D eigenvalue weighted by molar-refractivity contribution is -0.137. The van der Waals surface area contributed by atoms with Crippen molar-refractivity contribution in [3.05, 3.63) is 47.5 Å². The second-order valence-corrected chi connectivity index (χ2v) is 3.50. The van der Waals surface area contributed by atoms with Crippen LogP contribution in [0.15, 0.2) is 30.6 Å². The van der Waals surface area contributed by atoms with Crippen molar-refractivity contribution in [3.63, 3.8) is 0 Å². The van der Waals surface area contributed by atoms with Crippen LogP contribution in [0.25, 0.3) is 5.69 Å². The molecule has 0 bridgehead atoms. The molecule has 3 nitrogen and oxygen atoms in total. The van der Waals surface area contributed by atoms with Crippen molar-refractivity contribution >= 4 is 6.29 Å². The van der Waals surface area contributed by atoms with Crippen LogP contribution in [0.3, 0.4) is 0 Å². The molecule has 0 aliphatic heterocycles. The van der Waals surface area contributed by atoms with Gasteiger partial charge in [0.25, 0.3) is 0 Å². The fraction of sp³-hybridized carbons (Fsp3) is 0.0909. The third kappa shape index (κ3) is 2.24. The van der Waals surface area contributed by atoms with E-state index in [9.17, 15) is 22.4 Å². The first kappa shape index (κ1) is 12.3. The monoisotopic (exact) mass is 258 g/mol. The van der Waals surface area contributed by atoms with Crippen LogP contribution in [-0.4, -0.2) is 16.1 Å². The Morgan fingerprint density at radius 2 is 2.00 bits per heavy atom. The predicted molar refractivity (Wildman–Crippen MR) is 53.9 cm³/mol. The number of aromatic nitrogens is 2. The summed E-state index contributed by atoms with van der Waals surface area (Å²) in [5.74, 6) is -1.06. The second kappa shape index (κ2) is 4.25. The third-order valence-electron chi connectivity index (χ3n) is 2.26. The van der Waals surface area contributed by atoms with Crippen LogP contribution >= 0.6 is 0 Å². The molecule has 2 aromatic rings. The van der Waals surface area contributed by atoms with Gasteiger partial charge in [0.2, 0.25) is 0 Å². The molecule has 0 spiro atoms. The van der Waals surface area contributed by atoms with Crippen molar-refractivity contribution < 1.29 is 22.4 Å². The van der Waals surface area contributed by atoms with Crippen LogP contribution < -0.4 is 0 Å². The molecule has 0 saturated heterocycles. The third-order valence-corrected chi connectivity index (χ3v) is 2.26. The van der Waals surface area contributed by atoms with Gasteiger partial charge in [0, 0.05) is 6.20 Å². The van der Waals surface area contributed by atoms with Gasteiger partial charge >= 0.3 is 6.18 Å². The Hall–Kier alpha value is -2.18. The van der Waals surface area contributed by atoms with Crippen LogP contribution in [0.1, 0.15) is 15.9 Å². The van der Waals surface area contributed by atoms with Gasteiger partial charge in [-0.25, -0.2) is 9.07 Å². The average molecular weight is 258 g/mol. The van der Waals surface area contributed by atoms with Gasteiger partial charge in [-0.1, -0.05) is 0 Å². The van der Waals surface area contributed by atoms with Crippen LogP contribution in [-0.2, 0) is 6.18 Å². The molecule has 1 heterocycles. The maximum absolute atomic E-state index is 13.5. The van der Waals surface area contributed by atoms with Gasteiger partial charge in [0.05, 0.1) is 17.3 Å². The summed E-state index contributed by atoms with van der Waals surface area (Å²) < 4.78 is 51.5. The summed E-state index contributed by atoms with van der Waals surface area (Å²) in [7, 11) is 0. The minimum atomic E-state index is -4.60. The molecule has 1 aromatic carbocycles. The highest BCUT2D eigenvalue weighted by Gasteiger charge is 2.31. The molecule has 0 atom stereocenters. The molecule has 0 saturated carbocycles. The summed E-state index contributed by atoms with van der Waals surface area (Å²) in [6, 6.07) is 2.10. The zero-order valence-electron chi connectivity index (χ0n) is 8.78. The first-order valence-corrected chi connectivity index (χ1v) is 4.79. The standard InChI is InChI=1S/C11H6F4N2O/c12-9-3-8(11(13,14)15)1-2-10(9)17-5-7(6-18)4-16-17/h1-6H. The van der Waals surface area contributed by atoms with E-state index in [4.69, 9.17) is 0 Å². The number of benzene rings is 1. The number of aldehydes is 1. The number of alkyl halides is 3. The van der Waals surface area contributed by atoms with Gasteiger partial charge in [-0.05, 0) is 18.2 Å². The molecule has 2 rings (SSSR count). The Balaban J connectivity index is 2.44. The van der Waals surface area contributed by atoms with Crippen molar-refractivity contribution in [2.24, 2.45) is 0 Å². The first-order valence-electron chi connectivity index (χ1n) is 4.79. The molecule has 0 aliphatic carbocycles. The van der Waals surface area contributed by atoms with E-state index in [-0.39, 0.29) is 11.3 Å². The normalized spacial score (nSPS) is 11.6. The second-order valence-electron chi connectivity index (χ2n) is 3.50. The molecular formula is C11H6F4N2O. The number of rotatable bonds is 2. The smallest absolute Gasteiger partial charge is 0.298 e. The van der Waals surface area contributed by atoms with E-state index in [0.717, 1.165) is 16.8 Å². The van der Waals surface area contributed by atoms with Crippen molar-refractivity contribution in [2.45, 2.75) is 6.18 Å². The van der Waals surface area contributed by atoms with Gasteiger partial charge in [-0.2, -0.15) is 18.3 Å². The highest BCUT2D eigenvalue weighted by atomic mass is 19.4. The summed E-state index contributed by atoms with van der Waals surface area (Å²) in [5, 5.41) is 3.67. The van der Waals surface area contributed by atoms with Crippen LogP contribution in [0, 0.1) is 5.82 Å². The van der Waals surface area contributed by atoms with E-state index in [1.54, 1.807) is 0 Å². The maximum Gasteiger partial charge on any atom is 0.416 e. The molecule has 0 radical (unpaired) electrons. The van der Waals surface area contributed by atoms with Crippen molar-refractivity contribution in [1.29, 1.82) is 0 Å². The zero-order chi connectivity index (χ0) is 13.3. The molecule has 0 N–H and O–H groups in total. The summed E-state index contributed by atoms with van der Waals surface area (Å²) in [6.45, 7) is 0. The summed E-state index contributed by atoms with van der Waals surface area (Å²) in [4.78, 5) is 10.4. The van der Waals surface area contributed by atoms with Crippen molar-refractivity contribution in [2.75, 3.05) is 0 Å². The summed E-state index contributed by atoms with van der Waals surface area (Å²) in [5.41, 5.74) is -1.03. The molecule has 0 amide bonds. The van der Waals surface area contributed by atoms with Gasteiger partial charge in [-0.3, -0.25) is 4.79 Å². The highest BCUT2D eigenvalue weighted by Crippen LogP contribution is 2.30. The summed E-state index contributed by atoms with van der Waals surface area (Å²) >= 11 is 0. The lowest BCUT2D eigenvalue weighted by atomic mass is 10.2. The van der Waals surface area contributed by atoms with Crippen molar-refractivity contribution in [3.8, 4) is 5.69 Å². The fourth-order valence-electron chi connectivity index (χ4n) is 1.40. The first-order chi connectivity index (χ1) is 8.41. The molecule has 7 heteroatoms. The van der Waals surface area contributed by atoms with Crippen LogP contribution in [0.5, 0.6) is 0 Å². The molecule has 18 heavy (non-hydrogen) atoms. The Labute approximate surface area is 98.6 Å². The van der Waals surface area contributed by atoms with Crippen LogP contribution in [0.4, 0.5) is 17.6 Å². The predicted octanol–water partition coefficient (Wildman–Crippen LogP) is 2.84. The van der Waals surface area contributed by atoms with E-state index in [1.807, 2.05) is 0 Å². The minimum absolute atomic E-state index is 0.156. The van der Waals surface area contributed by atoms with Gasteiger partial charge < -0.3 is 0 Å². The SMILES string of the molecule is O=Cc1cnn(-c2ccc(C(F)(F)F)cc2F)c1. The average Bonchev–Trinajstić information content (AvgIpc) is 2.76. The number of nitrogens with zero attached hydrogens (tertiary/aromatic N) is 2. The number of hydrogen-bond acceptors (Lipinski definition) is 2. The topological polar surface area (TPSA) is 34.9 Å². The molecule has 0 aliphatic rings. The molecular weight excluding hydrogens is 252 g/mol. The fourth-order valence-corrected chi connectivity index (χ4v) is 1.40. The lowest BCUT2D eigenvalue weighted by Crippen LogP contribution is -2.07. The Bertz CT molecular complexity index is 589. The maximum atomic E-state index is 13.5. The van der Waals surface area contributed by atoms with E-state index >= 15 is 0 Å². The van der Waals surface area contributed by atoms with Gasteiger partial charge in [0.1, 0.15) is 11.5 Å². The van der Waals surface area contributed by atoms with E-state index < -0.39 is 17.6 Å². The highest BCUT2D eigenvalue weighted by molar-refractivity contribution is 5.73. The molecule has 0 fully saturated rings. The van der Waals surface area contributed by atoms with Gasteiger partial charge in [-0.15, -0.1) is 0 Å². The number of carbonyl (C=O) groups is 1. The quantitative estimate of drug-likeness (QED) is 0.613. The number of halogens is 4. The zero-order valence-corrected chi connectivity index (χ0v) is 8.78. The Morgan fingerprint density at radius 3 is 2.50 bits per heavy atom. The number of carbonyl (C=O) groups excluding carboxylic acids is 1. The van der Waals surface area contributed by atoms with Gasteiger partial charge in [0.15, 0.2) is 6.29 Å². The lowest BCUT2D eigenvalue weighted by Gasteiger charge is -2.08. The van der Waals surface area contributed by atoms with Crippen molar-refractivity contribution in [1.82, 2.24) is 9.78 Å². The molecule has 1 aromatic heterocycles. The largest absolute Gasteiger partial charge is 0.416 e. The van der Waals surface area contributed by atoms with E-state index in [2.05, 4.69) is 5.10 Å². The Kier molecular flexibility index (Phi) is 2.90. The Morgan fingerprint density at radius 1 is 1.28 bits per heavy atom. The molecule has 94 valence electrons. The van der Waals surface area contributed by atoms with E-state index in [1.165, 1.54) is 12.4 Å².